The van der Waals surface area contributed by atoms with Crippen molar-refractivity contribution < 1.29 is 22.7 Å². The fourth-order valence-electron chi connectivity index (χ4n) is 1.83. The number of hydrogen-bond acceptors (Lipinski definition) is 5. The van der Waals surface area contributed by atoms with Crippen molar-refractivity contribution in [2.75, 3.05) is 5.32 Å². The fraction of sp³-hybridized carbons (Fsp3) is 0.562. The minimum Gasteiger partial charge on any atom is -0.458 e. The molecule has 1 rings (SSSR count). The van der Waals surface area contributed by atoms with Crippen LogP contribution in [0, 0.1) is 17.2 Å². The van der Waals surface area contributed by atoms with Crippen molar-refractivity contribution in [1.29, 1.82) is 5.26 Å². The molecular weight excluding hydrogens is 323 g/mol. The number of alkyl halides is 3. The van der Waals surface area contributed by atoms with Crippen LogP contribution in [0.2, 0.25) is 0 Å². The third-order valence-corrected chi connectivity index (χ3v) is 2.93. The first-order valence-corrected chi connectivity index (χ1v) is 7.33. The highest BCUT2D eigenvalue weighted by Crippen LogP contribution is 2.30. The van der Waals surface area contributed by atoms with Crippen LogP contribution in [0.25, 0.3) is 0 Å². The van der Waals surface area contributed by atoms with E-state index >= 15 is 0 Å². The van der Waals surface area contributed by atoms with Crippen LogP contribution >= 0.6 is 0 Å². The minimum atomic E-state index is -4.65. The maximum atomic E-state index is 12.8. The van der Waals surface area contributed by atoms with Gasteiger partial charge in [-0.25, -0.2) is 9.78 Å². The zero-order chi connectivity index (χ0) is 18.7. The van der Waals surface area contributed by atoms with Crippen molar-refractivity contribution in [2.24, 2.45) is 5.92 Å². The number of rotatable bonds is 4. The second-order valence-corrected chi connectivity index (χ2v) is 6.60. The third-order valence-electron chi connectivity index (χ3n) is 2.93. The molecule has 132 valence electrons. The van der Waals surface area contributed by atoms with Gasteiger partial charge in [0.25, 0.3) is 0 Å². The molecule has 0 unspecified atom stereocenters. The van der Waals surface area contributed by atoms with Crippen LogP contribution in [0.4, 0.5) is 19.0 Å². The Bertz CT molecular complexity index is 643. The Hall–Kier alpha value is -2.30. The molecule has 1 heterocycles. The SMILES string of the molecule is CC(C)[C@@H](Nc1nc(C(F)(F)F)ccc1C#N)C(=O)OC(C)(C)C. The zero-order valence-corrected chi connectivity index (χ0v) is 14.2. The number of aromatic nitrogens is 1. The number of carbonyl (C=O) groups excluding carboxylic acids is 1. The summed E-state index contributed by atoms with van der Waals surface area (Å²) in [5, 5.41) is 11.7. The smallest absolute Gasteiger partial charge is 0.433 e. The molecule has 24 heavy (non-hydrogen) atoms. The van der Waals surface area contributed by atoms with Crippen molar-refractivity contribution >= 4 is 11.8 Å². The van der Waals surface area contributed by atoms with Gasteiger partial charge in [0.2, 0.25) is 0 Å². The van der Waals surface area contributed by atoms with Gasteiger partial charge in [-0.3, -0.25) is 0 Å². The Morgan fingerprint density at radius 2 is 1.88 bits per heavy atom. The van der Waals surface area contributed by atoms with Crippen molar-refractivity contribution in [3.63, 3.8) is 0 Å². The Morgan fingerprint density at radius 1 is 1.29 bits per heavy atom. The quantitative estimate of drug-likeness (QED) is 0.843. The van der Waals surface area contributed by atoms with Gasteiger partial charge in [-0.2, -0.15) is 18.4 Å². The predicted octanol–water partition coefficient (Wildman–Crippen LogP) is 3.75. The molecule has 0 fully saturated rings. The first-order chi connectivity index (χ1) is 10.8. The molecule has 1 atom stereocenters. The van der Waals surface area contributed by atoms with E-state index in [0.29, 0.717) is 0 Å². The number of pyridine rings is 1. The van der Waals surface area contributed by atoms with E-state index in [1.807, 2.05) is 0 Å². The van der Waals surface area contributed by atoms with E-state index in [0.717, 1.165) is 12.1 Å². The molecule has 1 aromatic rings. The molecular formula is C16H20F3N3O2. The number of nitrogens with zero attached hydrogens (tertiary/aromatic N) is 2. The molecule has 0 aliphatic rings. The summed E-state index contributed by atoms with van der Waals surface area (Å²) >= 11 is 0. The molecule has 0 aliphatic carbocycles. The van der Waals surface area contributed by atoms with Crippen LogP contribution in [0.15, 0.2) is 12.1 Å². The van der Waals surface area contributed by atoms with E-state index in [-0.39, 0.29) is 17.3 Å². The highest BCUT2D eigenvalue weighted by atomic mass is 19.4. The highest BCUT2D eigenvalue weighted by Gasteiger charge is 2.34. The summed E-state index contributed by atoms with van der Waals surface area (Å²) in [6.07, 6.45) is -4.65. The first kappa shape index (κ1) is 19.7. The molecule has 8 heteroatoms. The van der Waals surface area contributed by atoms with Gasteiger partial charge in [0.15, 0.2) is 0 Å². The molecule has 5 nitrogen and oxygen atoms in total. The van der Waals surface area contributed by atoms with Gasteiger partial charge in [0.05, 0.1) is 5.56 Å². The largest absolute Gasteiger partial charge is 0.458 e. The minimum absolute atomic E-state index is 0.0859. The van der Waals surface area contributed by atoms with Crippen LogP contribution in [0.1, 0.15) is 45.9 Å². The predicted molar refractivity (Wildman–Crippen MR) is 82.0 cm³/mol. The summed E-state index contributed by atoms with van der Waals surface area (Å²) in [5.74, 6) is -1.21. The van der Waals surface area contributed by atoms with Crippen LogP contribution in [-0.2, 0) is 15.7 Å². The lowest BCUT2D eigenvalue weighted by Gasteiger charge is -2.27. The Labute approximate surface area is 138 Å². The lowest BCUT2D eigenvalue weighted by atomic mass is 10.0. The van der Waals surface area contributed by atoms with Gasteiger partial charge in [0, 0.05) is 0 Å². The third kappa shape index (κ3) is 5.41. The normalized spacial score (nSPS) is 13.3. The van der Waals surface area contributed by atoms with Crippen LogP contribution in [-0.4, -0.2) is 22.6 Å². The van der Waals surface area contributed by atoms with Gasteiger partial charge in [-0.15, -0.1) is 0 Å². The number of esters is 1. The molecule has 0 spiro atoms. The summed E-state index contributed by atoms with van der Waals surface area (Å²) in [4.78, 5) is 15.7. The average Bonchev–Trinajstić information content (AvgIpc) is 2.41. The van der Waals surface area contributed by atoms with Crippen LogP contribution in [0.5, 0.6) is 0 Å². The van der Waals surface area contributed by atoms with E-state index in [1.165, 1.54) is 0 Å². The molecule has 0 saturated heterocycles. The topological polar surface area (TPSA) is 75.0 Å². The van der Waals surface area contributed by atoms with E-state index in [1.54, 1.807) is 40.7 Å². The number of carbonyl (C=O) groups is 1. The van der Waals surface area contributed by atoms with Gasteiger partial charge in [-0.05, 0) is 38.8 Å². The number of nitrogens with one attached hydrogen (secondary N) is 1. The van der Waals surface area contributed by atoms with E-state index < -0.39 is 29.5 Å². The van der Waals surface area contributed by atoms with Crippen molar-refractivity contribution in [2.45, 2.75) is 52.4 Å². The molecule has 1 N–H and O–H groups in total. The van der Waals surface area contributed by atoms with Gasteiger partial charge < -0.3 is 10.1 Å². The summed E-state index contributed by atoms with van der Waals surface area (Å²) in [6.45, 7) is 8.48. The van der Waals surface area contributed by atoms with Crippen LogP contribution in [0.3, 0.4) is 0 Å². The molecule has 0 aliphatic heterocycles. The van der Waals surface area contributed by atoms with Crippen molar-refractivity contribution in [3.05, 3.63) is 23.4 Å². The summed E-state index contributed by atoms with van der Waals surface area (Å²) < 4.78 is 43.7. The van der Waals surface area contributed by atoms with E-state index in [2.05, 4.69) is 10.3 Å². The second kappa shape index (κ2) is 7.07. The Kier molecular flexibility index (Phi) is 5.82. The standard InChI is InChI=1S/C16H20F3N3O2/c1-9(2)12(14(23)24-15(3,4)5)22-13-10(8-20)6-7-11(21-13)16(17,18)19/h6-7,9,12H,1-5H3,(H,21,22)/t12-/m1/s1. The highest BCUT2D eigenvalue weighted by molar-refractivity contribution is 5.80. The molecule has 1 aromatic heterocycles. The number of ether oxygens (including phenoxy) is 1. The molecule has 0 saturated carbocycles. The van der Waals surface area contributed by atoms with E-state index in [9.17, 15) is 18.0 Å². The lowest BCUT2D eigenvalue weighted by Crippen LogP contribution is -2.40. The first-order valence-electron chi connectivity index (χ1n) is 7.33. The number of nitriles is 1. The number of hydrogen-bond donors (Lipinski definition) is 1. The van der Waals surface area contributed by atoms with Crippen LogP contribution < -0.4 is 5.32 Å². The second-order valence-electron chi connectivity index (χ2n) is 6.60. The lowest BCUT2D eigenvalue weighted by molar-refractivity contribution is -0.156. The Balaban J connectivity index is 3.19. The van der Waals surface area contributed by atoms with Gasteiger partial charge >= 0.3 is 12.1 Å². The summed E-state index contributed by atoms with van der Waals surface area (Å²) in [5.41, 5.74) is -1.97. The fourth-order valence-corrected chi connectivity index (χ4v) is 1.83. The van der Waals surface area contributed by atoms with E-state index in [4.69, 9.17) is 10.00 Å². The van der Waals surface area contributed by atoms with Crippen molar-refractivity contribution in [1.82, 2.24) is 4.98 Å². The monoisotopic (exact) mass is 343 g/mol. The maximum absolute atomic E-state index is 12.8. The Morgan fingerprint density at radius 3 is 2.29 bits per heavy atom. The van der Waals surface area contributed by atoms with Gasteiger partial charge in [0.1, 0.15) is 29.2 Å². The summed E-state index contributed by atoms with van der Waals surface area (Å²) in [7, 11) is 0. The maximum Gasteiger partial charge on any atom is 0.433 e. The van der Waals surface area contributed by atoms with Crippen molar-refractivity contribution in [3.8, 4) is 6.07 Å². The molecule has 0 bridgehead atoms. The molecule has 0 amide bonds. The zero-order valence-electron chi connectivity index (χ0n) is 14.2. The van der Waals surface area contributed by atoms with Gasteiger partial charge in [-0.1, -0.05) is 13.8 Å². The number of halogens is 3. The average molecular weight is 343 g/mol. The molecule has 0 radical (unpaired) electrons. The molecule has 0 aromatic carbocycles. The number of anilines is 1. The summed E-state index contributed by atoms with van der Waals surface area (Å²) in [6, 6.07) is 2.57.